The van der Waals surface area contributed by atoms with Crippen LogP contribution in [0.5, 0.6) is 5.75 Å². The zero-order valence-corrected chi connectivity index (χ0v) is 24.6. The molecule has 0 spiro atoms. The van der Waals surface area contributed by atoms with Crippen LogP contribution in [0.25, 0.3) is 5.69 Å². The van der Waals surface area contributed by atoms with Gasteiger partial charge in [-0.3, -0.25) is 9.59 Å². The summed E-state index contributed by atoms with van der Waals surface area (Å²) in [6.45, 7) is -0.0584. The molecule has 0 saturated carbocycles. The molecule has 2 N–H and O–H groups in total. The number of aromatic nitrogens is 4. The zero-order valence-electron chi connectivity index (χ0n) is 23.8. The number of hydrogen-bond acceptors (Lipinski definition) is 10. The molecule has 0 radical (unpaired) electrons. The van der Waals surface area contributed by atoms with Crippen LogP contribution in [0.2, 0.25) is 0 Å². The number of ether oxygens (including phenoxy) is 2. The van der Waals surface area contributed by atoms with E-state index in [9.17, 15) is 19.8 Å². The number of carbonyl (C=O) groups is 2. The molecule has 1 fully saturated rings. The number of anilines is 1. The van der Waals surface area contributed by atoms with Gasteiger partial charge >= 0.3 is 0 Å². The molecule has 7 rings (SSSR count). The van der Waals surface area contributed by atoms with Gasteiger partial charge in [0, 0.05) is 17.7 Å². The third-order valence-electron chi connectivity index (χ3n) is 7.74. The minimum atomic E-state index is -0.796. The molecule has 11 nitrogen and oxygen atoms in total. The van der Waals surface area contributed by atoms with Crippen molar-refractivity contribution in [3.8, 4) is 11.4 Å². The number of imide groups is 1. The summed E-state index contributed by atoms with van der Waals surface area (Å²) >= 11 is 1.43. The second kappa shape index (κ2) is 12.3. The Morgan fingerprint density at radius 1 is 0.822 bits per heavy atom. The molecule has 0 unspecified atom stereocenters. The minimum absolute atomic E-state index is 0.0584. The van der Waals surface area contributed by atoms with Crippen molar-refractivity contribution in [2.45, 2.75) is 36.7 Å². The van der Waals surface area contributed by atoms with Gasteiger partial charge in [0.1, 0.15) is 5.75 Å². The van der Waals surface area contributed by atoms with E-state index in [1.165, 1.54) is 16.7 Å². The summed E-state index contributed by atoms with van der Waals surface area (Å²) in [7, 11) is 0. The standard InChI is InChI=1S/C33H27N5O6S/c39-18-20-8-10-21(11-9-20)29-17-26(19-45-33-34-35-36-38(33)23-12-14-25(40)15-13-23)43-32(44-29)22-4-3-5-24(16-22)37-30(41)27-6-1-2-7-28(27)31(37)42/h1-16,26,29,32,39-40H,17-19H2/t26-,29+,32+/m0/s1. The number of aliphatic hydroxyl groups excluding tert-OH is 1. The van der Waals surface area contributed by atoms with Gasteiger partial charge in [-0.25, -0.2) is 4.90 Å². The number of phenolic OH excluding ortho intramolecular Hbond substituents is 1. The van der Waals surface area contributed by atoms with E-state index in [2.05, 4.69) is 15.5 Å². The highest BCUT2D eigenvalue weighted by atomic mass is 32.2. The van der Waals surface area contributed by atoms with E-state index >= 15 is 0 Å². The van der Waals surface area contributed by atoms with Crippen LogP contribution in [-0.4, -0.2) is 54.1 Å². The molecule has 226 valence electrons. The number of benzene rings is 4. The Morgan fingerprint density at radius 2 is 1.56 bits per heavy atom. The molecule has 1 saturated heterocycles. The molecule has 2 aliphatic rings. The van der Waals surface area contributed by atoms with Gasteiger partial charge in [0.15, 0.2) is 6.29 Å². The minimum Gasteiger partial charge on any atom is -0.508 e. The van der Waals surface area contributed by atoms with Gasteiger partial charge in [-0.05, 0) is 70.1 Å². The van der Waals surface area contributed by atoms with E-state index in [4.69, 9.17) is 9.47 Å². The molecule has 2 amide bonds. The monoisotopic (exact) mass is 621 g/mol. The van der Waals surface area contributed by atoms with Crippen molar-refractivity contribution in [3.05, 3.63) is 125 Å². The number of nitrogens with zero attached hydrogens (tertiary/aromatic N) is 5. The molecule has 0 bridgehead atoms. The average molecular weight is 622 g/mol. The maximum Gasteiger partial charge on any atom is 0.266 e. The van der Waals surface area contributed by atoms with Gasteiger partial charge in [-0.15, -0.1) is 5.10 Å². The lowest BCUT2D eigenvalue weighted by atomic mass is 10.0. The van der Waals surface area contributed by atoms with E-state index in [0.717, 1.165) is 11.1 Å². The van der Waals surface area contributed by atoms with Gasteiger partial charge < -0.3 is 19.7 Å². The summed E-state index contributed by atoms with van der Waals surface area (Å²) < 4.78 is 14.6. The maximum atomic E-state index is 13.2. The van der Waals surface area contributed by atoms with Crippen molar-refractivity contribution >= 4 is 29.3 Å². The number of amides is 2. The Balaban J connectivity index is 1.15. The van der Waals surface area contributed by atoms with Crippen LogP contribution in [-0.2, 0) is 16.1 Å². The summed E-state index contributed by atoms with van der Waals surface area (Å²) in [6, 6.07) is 28.1. The van der Waals surface area contributed by atoms with Crippen LogP contribution in [0.4, 0.5) is 5.69 Å². The van der Waals surface area contributed by atoms with Crippen molar-refractivity contribution in [3.63, 3.8) is 0 Å². The Labute approximate surface area is 262 Å². The largest absolute Gasteiger partial charge is 0.508 e. The van der Waals surface area contributed by atoms with Gasteiger partial charge in [0.2, 0.25) is 5.16 Å². The Hall–Kier alpha value is -4.88. The Bertz CT molecular complexity index is 1830. The quantitative estimate of drug-likeness (QED) is 0.180. The van der Waals surface area contributed by atoms with Crippen molar-refractivity contribution in [2.24, 2.45) is 0 Å². The molecule has 5 aromatic rings. The highest BCUT2D eigenvalue weighted by molar-refractivity contribution is 7.99. The number of aromatic hydroxyl groups is 1. The Kier molecular flexibility index (Phi) is 7.86. The number of carbonyl (C=O) groups excluding carboxylic acids is 2. The first kappa shape index (κ1) is 28.9. The molecule has 1 aromatic heterocycles. The fourth-order valence-electron chi connectivity index (χ4n) is 5.45. The molecule has 3 heterocycles. The average Bonchev–Trinajstić information content (AvgIpc) is 3.66. The number of aliphatic hydroxyl groups is 1. The van der Waals surface area contributed by atoms with Crippen LogP contribution in [0.15, 0.2) is 102 Å². The maximum absolute atomic E-state index is 13.2. The van der Waals surface area contributed by atoms with E-state index in [-0.39, 0.29) is 36.4 Å². The van der Waals surface area contributed by atoms with Crippen molar-refractivity contribution in [2.75, 3.05) is 10.7 Å². The number of hydrogen-bond donors (Lipinski definition) is 2. The molecule has 0 aliphatic carbocycles. The summed E-state index contributed by atoms with van der Waals surface area (Å²) in [5.41, 5.74) is 4.26. The second-order valence-electron chi connectivity index (χ2n) is 10.6. The highest BCUT2D eigenvalue weighted by Crippen LogP contribution is 2.40. The number of thioether (sulfide) groups is 1. The second-order valence-corrected chi connectivity index (χ2v) is 11.6. The number of phenols is 1. The molecule has 45 heavy (non-hydrogen) atoms. The SMILES string of the molecule is O=C1c2ccccc2C(=O)N1c1cccc([C@@H]2O[C@H](CSc3nnnn3-c3ccc(O)cc3)C[C@H](c3ccc(CO)cc3)O2)c1. The predicted molar refractivity (Wildman–Crippen MR) is 164 cm³/mol. The molecular formula is C33H27N5O6S. The van der Waals surface area contributed by atoms with Gasteiger partial charge in [0.05, 0.1) is 41.3 Å². The van der Waals surface area contributed by atoms with Crippen LogP contribution in [0.1, 0.15) is 56.2 Å². The van der Waals surface area contributed by atoms with Gasteiger partial charge in [-0.1, -0.05) is 60.3 Å². The first-order chi connectivity index (χ1) is 22.0. The predicted octanol–water partition coefficient (Wildman–Crippen LogP) is 5.00. The fourth-order valence-corrected chi connectivity index (χ4v) is 6.36. The first-order valence-electron chi connectivity index (χ1n) is 14.3. The molecule has 2 aliphatic heterocycles. The van der Waals surface area contributed by atoms with Crippen LogP contribution >= 0.6 is 11.8 Å². The van der Waals surface area contributed by atoms with Crippen LogP contribution < -0.4 is 4.90 Å². The van der Waals surface area contributed by atoms with E-state index in [0.29, 0.717) is 45.4 Å². The summed E-state index contributed by atoms with van der Waals surface area (Å²) in [4.78, 5) is 27.5. The van der Waals surface area contributed by atoms with Crippen LogP contribution in [0.3, 0.4) is 0 Å². The third kappa shape index (κ3) is 5.71. The first-order valence-corrected chi connectivity index (χ1v) is 15.3. The summed E-state index contributed by atoms with van der Waals surface area (Å²) in [6.07, 6.45) is -0.877. The zero-order chi connectivity index (χ0) is 30.9. The lowest BCUT2D eigenvalue weighted by Crippen LogP contribution is -2.32. The lowest BCUT2D eigenvalue weighted by Gasteiger charge is -2.36. The topological polar surface area (TPSA) is 140 Å². The summed E-state index contributed by atoms with van der Waals surface area (Å²) in [5.74, 6) is -0.101. The molecular weight excluding hydrogens is 594 g/mol. The number of fused-ring (bicyclic) bond motifs is 1. The van der Waals surface area contributed by atoms with Crippen molar-refractivity contribution in [1.29, 1.82) is 0 Å². The van der Waals surface area contributed by atoms with Gasteiger partial charge in [-0.2, -0.15) is 4.68 Å². The highest BCUT2D eigenvalue weighted by Gasteiger charge is 2.37. The van der Waals surface area contributed by atoms with Crippen molar-refractivity contribution in [1.82, 2.24) is 20.2 Å². The molecule has 3 atom stereocenters. The number of rotatable bonds is 8. The smallest absolute Gasteiger partial charge is 0.266 e. The Morgan fingerprint density at radius 3 is 2.27 bits per heavy atom. The van der Waals surface area contributed by atoms with Crippen molar-refractivity contribution < 1.29 is 29.3 Å². The fraction of sp³-hybridized carbons (Fsp3) is 0.182. The van der Waals surface area contributed by atoms with E-state index in [1.807, 2.05) is 30.3 Å². The van der Waals surface area contributed by atoms with E-state index in [1.54, 1.807) is 71.4 Å². The number of tetrazole rings is 1. The lowest BCUT2D eigenvalue weighted by molar-refractivity contribution is -0.245. The molecule has 12 heteroatoms. The summed E-state index contributed by atoms with van der Waals surface area (Å²) in [5, 5.41) is 31.9. The van der Waals surface area contributed by atoms with E-state index < -0.39 is 6.29 Å². The van der Waals surface area contributed by atoms with Gasteiger partial charge in [0.25, 0.3) is 11.8 Å². The normalized spacial score (nSPS) is 19.6. The molecule has 4 aromatic carbocycles. The third-order valence-corrected chi connectivity index (χ3v) is 8.79. The van der Waals surface area contributed by atoms with Crippen LogP contribution in [0, 0.1) is 0 Å².